The van der Waals surface area contributed by atoms with Gasteiger partial charge in [0.2, 0.25) is 6.79 Å². The van der Waals surface area contributed by atoms with Gasteiger partial charge in [0.1, 0.15) is 0 Å². The van der Waals surface area contributed by atoms with Crippen LogP contribution >= 0.6 is 0 Å². The van der Waals surface area contributed by atoms with E-state index in [2.05, 4.69) is 19.9 Å². The van der Waals surface area contributed by atoms with Crippen LogP contribution in [-0.2, 0) is 47.3 Å². The molecule has 5 nitrogen and oxygen atoms in total. The molecule has 0 saturated heterocycles. The molecular weight excluding hydrogens is 500 g/mol. The second-order valence-corrected chi connectivity index (χ2v) is 5.86. The van der Waals surface area contributed by atoms with Crippen molar-refractivity contribution in [3.8, 4) is 11.5 Å². The van der Waals surface area contributed by atoms with Gasteiger partial charge in [-0.05, 0) is 36.1 Å². The van der Waals surface area contributed by atoms with Crippen molar-refractivity contribution in [3.63, 3.8) is 0 Å². The molecule has 0 amide bonds. The summed E-state index contributed by atoms with van der Waals surface area (Å²) in [5, 5.41) is 0. The third-order valence-electron chi connectivity index (χ3n) is 3.86. The fourth-order valence-electron chi connectivity index (χ4n) is 2.53. The fraction of sp³-hybridized carbons (Fsp3) is 0.684. The van der Waals surface area contributed by atoms with Crippen molar-refractivity contribution in [2.24, 2.45) is 0 Å². The molecule has 0 fully saturated rings. The van der Waals surface area contributed by atoms with Gasteiger partial charge in [-0.2, -0.15) is 0 Å². The van der Waals surface area contributed by atoms with Gasteiger partial charge in [-0.1, -0.05) is 26.7 Å². The summed E-state index contributed by atoms with van der Waals surface area (Å²) in [4.78, 5) is 0. The summed E-state index contributed by atoms with van der Waals surface area (Å²) >= 11 is 0. The van der Waals surface area contributed by atoms with Gasteiger partial charge in [-0.3, -0.25) is 0 Å². The molecule has 1 radical (unpaired) electrons. The molecule has 0 saturated carbocycles. The van der Waals surface area contributed by atoms with Gasteiger partial charge >= 0.3 is 0 Å². The van der Waals surface area contributed by atoms with E-state index in [0.717, 1.165) is 43.8 Å². The zero-order valence-electron chi connectivity index (χ0n) is 15.3. The van der Waals surface area contributed by atoms with E-state index in [1.54, 1.807) is 0 Å². The molecule has 0 aromatic heterocycles. The number of hydrogen-bond donors (Lipinski definition) is 0. The van der Waals surface area contributed by atoms with Crippen LogP contribution in [0, 0.1) is 0 Å². The maximum atomic E-state index is 5.75. The number of ether oxygens (including phenoxy) is 5. The number of fused-ring (bicyclic) bond motifs is 1. The van der Waals surface area contributed by atoms with Crippen LogP contribution in [0.1, 0.15) is 44.2 Å². The smallest absolute Gasteiger partial charge is 0.231 e. The Morgan fingerprint density at radius 1 is 0.800 bits per heavy atom. The van der Waals surface area contributed by atoms with E-state index in [-0.39, 0.29) is 20.1 Å². The monoisotopic (exact) mass is 531 g/mol. The van der Waals surface area contributed by atoms with Gasteiger partial charge in [-0.25, -0.2) is 0 Å². The Morgan fingerprint density at radius 3 is 2.04 bits per heavy atom. The van der Waals surface area contributed by atoms with Gasteiger partial charge in [0, 0.05) is 26.7 Å². The minimum atomic E-state index is 0. The Hall–Kier alpha value is -0.651. The molecule has 1 aliphatic heterocycles. The van der Waals surface area contributed by atoms with Gasteiger partial charge in [0.05, 0.1) is 33.0 Å². The summed E-state index contributed by atoms with van der Waals surface area (Å²) in [6.45, 7) is 8.47. The normalized spacial score (nSPS) is 12.2. The average molecular weight is 531 g/mol. The summed E-state index contributed by atoms with van der Waals surface area (Å²) in [6.07, 6.45) is 4.38. The molecule has 1 heterocycles. The molecule has 25 heavy (non-hydrogen) atoms. The first-order valence-electron chi connectivity index (χ1n) is 8.99. The van der Waals surface area contributed by atoms with E-state index in [1.807, 2.05) is 6.07 Å². The summed E-state index contributed by atoms with van der Waals surface area (Å²) < 4.78 is 27.6. The molecular formula is C19H30IrO5. The molecule has 1 aromatic carbocycles. The van der Waals surface area contributed by atoms with Crippen LogP contribution < -0.4 is 9.47 Å². The Bertz CT molecular complexity index is 481. The predicted molar refractivity (Wildman–Crippen MR) is 92.8 cm³/mol. The zero-order valence-corrected chi connectivity index (χ0v) is 17.7. The first-order valence-corrected chi connectivity index (χ1v) is 8.99. The molecule has 0 N–H and O–H groups in total. The second kappa shape index (κ2) is 13.5. The zero-order chi connectivity index (χ0) is 17.0. The molecule has 0 spiro atoms. The van der Waals surface area contributed by atoms with Gasteiger partial charge in [0.15, 0.2) is 11.5 Å². The summed E-state index contributed by atoms with van der Waals surface area (Å²) in [5.41, 5.74) is 2.44. The fourth-order valence-corrected chi connectivity index (χ4v) is 2.53. The molecule has 0 bridgehead atoms. The Labute approximate surface area is 164 Å². The van der Waals surface area contributed by atoms with E-state index < -0.39 is 0 Å². The number of benzene rings is 1. The van der Waals surface area contributed by atoms with Crippen LogP contribution in [0.2, 0.25) is 0 Å². The van der Waals surface area contributed by atoms with Gasteiger partial charge in [0.25, 0.3) is 0 Å². The Kier molecular flexibility index (Phi) is 12.1. The summed E-state index contributed by atoms with van der Waals surface area (Å²) in [5.74, 6) is 1.66. The molecule has 0 atom stereocenters. The minimum Gasteiger partial charge on any atom is -0.454 e. The molecule has 1 aromatic rings. The van der Waals surface area contributed by atoms with Crippen molar-refractivity contribution < 1.29 is 43.8 Å². The largest absolute Gasteiger partial charge is 0.454 e. The maximum absolute atomic E-state index is 5.75. The van der Waals surface area contributed by atoms with Crippen LogP contribution in [0.25, 0.3) is 0 Å². The van der Waals surface area contributed by atoms with Crippen molar-refractivity contribution >= 4 is 0 Å². The van der Waals surface area contributed by atoms with Crippen molar-refractivity contribution in [1.29, 1.82) is 0 Å². The number of unbranched alkanes of at least 4 members (excludes halogenated alkanes) is 1. The van der Waals surface area contributed by atoms with Crippen LogP contribution in [0.5, 0.6) is 11.5 Å². The molecule has 0 unspecified atom stereocenters. The van der Waals surface area contributed by atoms with Crippen LogP contribution in [-0.4, -0.2) is 39.8 Å². The molecule has 6 heteroatoms. The Morgan fingerprint density at radius 2 is 1.40 bits per heavy atom. The second-order valence-electron chi connectivity index (χ2n) is 5.86. The maximum Gasteiger partial charge on any atom is 0.231 e. The van der Waals surface area contributed by atoms with Crippen molar-refractivity contribution in [2.75, 3.05) is 39.8 Å². The number of rotatable bonds is 13. The quantitative estimate of drug-likeness (QED) is 0.364. The van der Waals surface area contributed by atoms with E-state index in [4.69, 9.17) is 23.7 Å². The first-order chi connectivity index (χ1) is 11.8. The molecule has 145 valence electrons. The van der Waals surface area contributed by atoms with E-state index in [0.29, 0.717) is 39.8 Å². The predicted octanol–water partition coefficient (Wildman–Crippen LogP) is 3.72. The number of hydrogen-bond acceptors (Lipinski definition) is 5. The summed E-state index contributed by atoms with van der Waals surface area (Å²) in [7, 11) is 0. The van der Waals surface area contributed by atoms with Gasteiger partial charge in [-0.15, -0.1) is 0 Å². The number of aryl methyl sites for hydroxylation is 1. The first kappa shape index (κ1) is 22.4. The van der Waals surface area contributed by atoms with Crippen molar-refractivity contribution in [2.45, 2.75) is 46.1 Å². The van der Waals surface area contributed by atoms with E-state index in [9.17, 15) is 0 Å². The average Bonchev–Trinajstić information content (AvgIpc) is 3.04. The van der Waals surface area contributed by atoms with Gasteiger partial charge < -0.3 is 23.7 Å². The van der Waals surface area contributed by atoms with Crippen molar-refractivity contribution in [3.05, 3.63) is 23.3 Å². The summed E-state index contributed by atoms with van der Waals surface area (Å²) in [6, 6.07) is 4.12. The van der Waals surface area contributed by atoms with Crippen LogP contribution in [0.4, 0.5) is 0 Å². The third kappa shape index (κ3) is 8.05. The molecule has 2 rings (SSSR count). The van der Waals surface area contributed by atoms with Crippen LogP contribution in [0.15, 0.2) is 12.1 Å². The van der Waals surface area contributed by atoms with Crippen LogP contribution in [0.3, 0.4) is 0 Å². The Balaban J connectivity index is 0.00000312. The topological polar surface area (TPSA) is 46.2 Å². The SMILES string of the molecule is CCCCOCCOCCOCc1cc2c(cc1CCC)OCO2.[Ir]. The molecule has 0 aliphatic carbocycles. The van der Waals surface area contributed by atoms with E-state index >= 15 is 0 Å². The minimum absolute atomic E-state index is 0. The van der Waals surface area contributed by atoms with Crippen molar-refractivity contribution in [1.82, 2.24) is 0 Å². The standard InChI is InChI=1S/C19H30O5.Ir/c1-3-5-7-20-8-9-21-10-11-22-14-17-13-19-18(23-15-24-19)12-16(17)6-4-2;/h12-13H,3-11,14-15H2,1-2H3;. The van der Waals surface area contributed by atoms with E-state index in [1.165, 1.54) is 11.1 Å². The molecule has 1 aliphatic rings. The third-order valence-corrected chi connectivity index (χ3v) is 3.86.